The van der Waals surface area contributed by atoms with Crippen molar-refractivity contribution in [3.8, 4) is 5.00 Å². The molecule has 0 saturated carbocycles. The van der Waals surface area contributed by atoms with Gasteiger partial charge in [0.05, 0.1) is 22.4 Å². The zero-order chi connectivity index (χ0) is 36.4. The first-order valence-electron chi connectivity index (χ1n) is 18.0. The van der Waals surface area contributed by atoms with E-state index in [1.54, 1.807) is 11.3 Å². The Morgan fingerprint density at radius 2 is 1.79 bits per heavy atom. The number of rotatable bonds is 7. The van der Waals surface area contributed by atoms with Gasteiger partial charge in [-0.25, -0.2) is 0 Å². The molecule has 2 fully saturated rings. The predicted molar refractivity (Wildman–Crippen MR) is 208 cm³/mol. The van der Waals surface area contributed by atoms with Gasteiger partial charge in [-0.2, -0.15) is 4.90 Å². The Hall–Kier alpha value is -3.91. The topological polar surface area (TPSA) is 120 Å². The summed E-state index contributed by atoms with van der Waals surface area (Å²) >= 11 is 9.94. The van der Waals surface area contributed by atoms with Gasteiger partial charge in [-0.15, -0.1) is 38.7 Å². The fourth-order valence-electron chi connectivity index (χ4n) is 8.20. The van der Waals surface area contributed by atoms with Gasteiger partial charge in [-0.05, 0) is 62.4 Å². The molecule has 11 nitrogen and oxygen atoms in total. The van der Waals surface area contributed by atoms with Crippen LogP contribution in [0.1, 0.15) is 78.5 Å². The van der Waals surface area contributed by atoms with Gasteiger partial charge in [-0.3, -0.25) is 19.3 Å². The van der Waals surface area contributed by atoms with Crippen LogP contribution in [0.5, 0.6) is 0 Å². The van der Waals surface area contributed by atoms with Crippen LogP contribution in [0, 0.1) is 30.6 Å². The number of nitrogens with zero attached hydrogens (tertiary/aromatic N) is 7. The fraction of sp³-hybridized carbons (Fsp3) is 0.447. The van der Waals surface area contributed by atoms with Crippen LogP contribution in [0.15, 0.2) is 58.5 Å². The van der Waals surface area contributed by atoms with E-state index in [4.69, 9.17) is 21.6 Å². The molecule has 4 aromatic rings. The molecule has 0 aliphatic carbocycles. The number of nitroso groups, excluding NO2 is 1. The average Bonchev–Trinajstić information content (AvgIpc) is 3.75. The van der Waals surface area contributed by atoms with Gasteiger partial charge in [-0.1, -0.05) is 61.8 Å². The van der Waals surface area contributed by atoms with E-state index in [9.17, 15) is 9.70 Å². The first-order valence-corrected chi connectivity index (χ1v) is 20.1. The van der Waals surface area contributed by atoms with E-state index < -0.39 is 12.2 Å². The summed E-state index contributed by atoms with van der Waals surface area (Å²) in [5.41, 5.74) is 10.5. The minimum atomic E-state index is -0.569. The number of hydrazine groups is 1. The van der Waals surface area contributed by atoms with Crippen molar-refractivity contribution in [2.24, 2.45) is 21.8 Å². The number of thioether (sulfide) groups is 1. The van der Waals surface area contributed by atoms with E-state index in [-0.39, 0.29) is 29.8 Å². The molecule has 0 bridgehead atoms. The Labute approximate surface area is 316 Å². The maximum absolute atomic E-state index is 13.4. The summed E-state index contributed by atoms with van der Waals surface area (Å²) in [6.45, 7) is 13.7. The monoisotopic (exact) mass is 756 g/mol. The molecular weight excluding hydrogens is 714 g/mol. The molecule has 6 unspecified atom stereocenters. The highest BCUT2D eigenvalue weighted by Gasteiger charge is 2.60. The molecule has 1 amide bonds. The number of amides is 1. The quantitative estimate of drug-likeness (QED) is 0.215. The van der Waals surface area contributed by atoms with Crippen LogP contribution in [0.2, 0.25) is 5.02 Å². The van der Waals surface area contributed by atoms with Crippen molar-refractivity contribution in [2.75, 3.05) is 6.54 Å². The summed E-state index contributed by atoms with van der Waals surface area (Å²) in [6, 6.07) is 16.1. The van der Waals surface area contributed by atoms with E-state index in [2.05, 4.69) is 75.4 Å². The molecule has 4 aliphatic rings. The molecule has 7 atom stereocenters. The molecule has 0 radical (unpaired) electrons. The van der Waals surface area contributed by atoms with Crippen molar-refractivity contribution in [2.45, 2.75) is 89.9 Å². The van der Waals surface area contributed by atoms with Crippen LogP contribution in [0.25, 0.3) is 5.00 Å². The highest BCUT2D eigenvalue weighted by atomic mass is 35.5. The normalized spacial score (nSPS) is 26.7. The zero-order valence-corrected chi connectivity index (χ0v) is 32.5. The summed E-state index contributed by atoms with van der Waals surface area (Å²) in [6.07, 6.45) is 0.163. The van der Waals surface area contributed by atoms with Gasteiger partial charge in [0, 0.05) is 50.9 Å². The van der Waals surface area contributed by atoms with E-state index in [0.717, 1.165) is 56.1 Å². The number of aromatic nitrogens is 3. The number of carbonyl (C=O) groups is 1. The van der Waals surface area contributed by atoms with E-state index in [1.165, 1.54) is 16.0 Å². The van der Waals surface area contributed by atoms with Crippen LogP contribution < -0.4 is 10.7 Å². The second kappa shape index (κ2) is 13.8. The van der Waals surface area contributed by atoms with Crippen molar-refractivity contribution in [3.63, 3.8) is 0 Å². The summed E-state index contributed by atoms with van der Waals surface area (Å²) in [5, 5.41) is 14.0. The Balaban J connectivity index is 1.16. The van der Waals surface area contributed by atoms with Crippen molar-refractivity contribution in [3.05, 3.63) is 103 Å². The third-order valence-electron chi connectivity index (χ3n) is 11.0. The van der Waals surface area contributed by atoms with E-state index in [0.29, 0.717) is 29.3 Å². The highest BCUT2D eigenvalue weighted by molar-refractivity contribution is 8.00. The summed E-state index contributed by atoms with van der Waals surface area (Å²) in [4.78, 5) is 41.2. The van der Waals surface area contributed by atoms with Crippen molar-refractivity contribution in [1.82, 2.24) is 30.4 Å². The van der Waals surface area contributed by atoms with Gasteiger partial charge in [0.1, 0.15) is 34.4 Å². The first-order chi connectivity index (χ1) is 25.0. The predicted octanol–water partition coefficient (Wildman–Crippen LogP) is 6.22. The molecular formula is C38H43ClN9O2S2+. The molecule has 2 aromatic heterocycles. The molecule has 2 saturated heterocycles. The smallest absolute Gasteiger partial charge is 0.315 e. The Morgan fingerprint density at radius 3 is 2.52 bits per heavy atom. The molecule has 270 valence electrons. The largest absolute Gasteiger partial charge is 0.356 e. The number of fused-ring (bicyclic) bond motifs is 6. The Bertz CT molecular complexity index is 2110. The number of carbonyl (C=O) groups excluding carboxylic acids is 1. The van der Waals surface area contributed by atoms with Gasteiger partial charge in [0.2, 0.25) is 5.91 Å². The van der Waals surface area contributed by atoms with Gasteiger partial charge in [0.15, 0.2) is 5.82 Å². The lowest BCUT2D eigenvalue weighted by Gasteiger charge is -2.30. The molecule has 4 aliphatic heterocycles. The Morgan fingerprint density at radius 1 is 1.06 bits per heavy atom. The lowest BCUT2D eigenvalue weighted by molar-refractivity contribution is -0.631. The van der Waals surface area contributed by atoms with Crippen LogP contribution in [-0.4, -0.2) is 77.4 Å². The lowest BCUT2D eigenvalue weighted by Crippen LogP contribution is -2.50. The molecule has 6 heterocycles. The number of hydrogen-bond acceptors (Lipinski definition) is 9. The van der Waals surface area contributed by atoms with Crippen LogP contribution in [0.3, 0.4) is 0 Å². The van der Waals surface area contributed by atoms with Crippen molar-refractivity contribution in [1.29, 1.82) is 0 Å². The molecule has 2 aromatic carbocycles. The number of thiophene rings is 1. The summed E-state index contributed by atoms with van der Waals surface area (Å²) < 4.78 is 2.15. The lowest BCUT2D eigenvalue weighted by atomic mass is 9.84. The van der Waals surface area contributed by atoms with E-state index in [1.807, 2.05) is 56.8 Å². The third-order valence-corrected chi connectivity index (χ3v) is 14.2. The molecule has 14 heteroatoms. The first kappa shape index (κ1) is 35.1. The van der Waals surface area contributed by atoms with Crippen LogP contribution in [-0.2, 0) is 17.8 Å². The molecule has 52 heavy (non-hydrogen) atoms. The third kappa shape index (κ3) is 5.99. The molecule has 0 spiro atoms. The van der Waals surface area contributed by atoms with Crippen LogP contribution in [0.4, 0.5) is 0 Å². The maximum Gasteiger partial charge on any atom is 0.315 e. The van der Waals surface area contributed by atoms with Gasteiger partial charge < -0.3 is 5.32 Å². The minimum absolute atomic E-state index is 0.0563. The highest BCUT2D eigenvalue weighted by Crippen LogP contribution is 2.50. The number of benzene rings is 2. The fourth-order valence-corrected chi connectivity index (χ4v) is 11.6. The van der Waals surface area contributed by atoms with Gasteiger partial charge in [0.25, 0.3) is 0 Å². The Kier molecular flexibility index (Phi) is 9.34. The summed E-state index contributed by atoms with van der Waals surface area (Å²) in [7, 11) is 0. The molecule has 8 rings (SSSR count). The SMILES string of the molecule is CCNC(=O)C[C@@H]1N=C(c2ccc(Cc3sc4c(c3C)C(c3ccc(Cl)cc3)=NCc3nnc(C)n3-4)cc2)C2C(C)C(C)SC2N2C(C)N[N+](=O)C12. The number of halogens is 1. The van der Waals surface area contributed by atoms with Crippen molar-refractivity contribution >= 4 is 52.0 Å². The summed E-state index contributed by atoms with van der Waals surface area (Å²) in [5.74, 6) is 2.01. The van der Waals surface area contributed by atoms with Crippen LogP contribution >= 0.6 is 34.7 Å². The average molecular weight is 757 g/mol. The standard InChI is InChI=1S/C38H42ClN9O2S2/c1-7-40-31(49)17-28-36-47(23(6)45-48(36)50)38-32(19(2)21(4)51-38)35(42-28)26-10-8-24(9-11-26)16-29-20(3)33-34(25-12-14-27(39)15-13-25)41-18-30-44-43-22(5)46(30)37(33)52-29/h8-15,19,21,23,28,32,36,38H,7,16-18H2,1-6H3,(H-,40,45,49,50)/p+1/t19?,21?,23?,28-,32?,36?,38?/m0/s1. The number of hydrogen-bond donors (Lipinski definition) is 2. The zero-order valence-electron chi connectivity index (χ0n) is 30.1. The second-order valence-corrected chi connectivity index (χ2v) is 17.2. The molecule has 2 N–H and O–H groups in total. The number of nitrogens with one attached hydrogen (secondary N) is 2. The second-order valence-electron chi connectivity index (χ2n) is 14.2. The van der Waals surface area contributed by atoms with Crippen molar-refractivity contribution < 1.29 is 9.66 Å². The minimum Gasteiger partial charge on any atom is -0.356 e. The maximum atomic E-state index is 13.4. The number of aryl methyl sites for hydroxylation is 1. The van der Waals surface area contributed by atoms with E-state index >= 15 is 0 Å². The number of aliphatic imine (C=N–C) groups is 2. The van der Waals surface area contributed by atoms with Gasteiger partial charge >= 0.3 is 6.17 Å².